The van der Waals surface area contributed by atoms with Gasteiger partial charge in [-0.2, -0.15) is 17.5 Å². The van der Waals surface area contributed by atoms with Crippen LogP contribution in [-0.4, -0.2) is 23.0 Å². The molecule has 1 amide bonds. The zero-order chi connectivity index (χ0) is 11.6. The first-order valence-corrected chi connectivity index (χ1v) is 5.00. The first-order chi connectivity index (χ1) is 6.81. The molecule has 1 aromatic heterocycles. The van der Waals surface area contributed by atoms with Crippen LogP contribution in [0.3, 0.4) is 0 Å². The van der Waals surface area contributed by atoms with Crippen LogP contribution >= 0.6 is 34.7 Å². The maximum Gasteiger partial charge on any atom is 0.405 e. The number of carbonyl (C=O) groups is 1. The lowest BCUT2D eigenvalue weighted by molar-refractivity contribution is -0.123. The highest BCUT2D eigenvalue weighted by Crippen LogP contribution is 2.28. The molecule has 1 rings (SSSR count). The lowest BCUT2D eigenvalue weighted by Gasteiger charge is -2.06. The van der Waals surface area contributed by atoms with E-state index in [1.807, 2.05) is 0 Å². The van der Waals surface area contributed by atoms with E-state index >= 15 is 0 Å². The maximum absolute atomic E-state index is 11.8. The molecule has 3 nitrogen and oxygen atoms in total. The number of carbonyl (C=O) groups excluding carboxylic acids is 1. The molecule has 0 spiro atoms. The lowest BCUT2D eigenvalue weighted by Crippen LogP contribution is -2.33. The van der Waals surface area contributed by atoms with Crippen molar-refractivity contribution >= 4 is 40.6 Å². The Labute approximate surface area is 96.3 Å². The van der Waals surface area contributed by atoms with Crippen LogP contribution in [0.5, 0.6) is 0 Å². The summed E-state index contributed by atoms with van der Waals surface area (Å²) in [6, 6.07) is 0. The van der Waals surface area contributed by atoms with Crippen LogP contribution in [0.1, 0.15) is 9.67 Å². The number of halogens is 5. The van der Waals surface area contributed by atoms with E-state index in [-0.39, 0.29) is 15.1 Å². The van der Waals surface area contributed by atoms with Gasteiger partial charge in [0.2, 0.25) is 0 Å². The van der Waals surface area contributed by atoms with Gasteiger partial charge in [-0.25, -0.2) is 0 Å². The SMILES string of the molecule is O=C(NCC(F)(F)F)c1snc(Cl)c1Cl. The Balaban J connectivity index is 2.66. The third-order valence-corrected chi connectivity index (χ3v) is 3.05. The van der Waals surface area contributed by atoms with Gasteiger partial charge in [-0.15, -0.1) is 0 Å². The van der Waals surface area contributed by atoms with E-state index in [0.717, 1.165) is 0 Å². The summed E-state index contributed by atoms with van der Waals surface area (Å²) in [6.45, 7) is -1.42. The number of aromatic nitrogens is 1. The quantitative estimate of drug-likeness (QED) is 0.904. The van der Waals surface area contributed by atoms with Gasteiger partial charge in [0.15, 0.2) is 5.15 Å². The minimum Gasteiger partial charge on any atom is -0.342 e. The van der Waals surface area contributed by atoms with Crippen molar-refractivity contribution in [2.24, 2.45) is 0 Å². The van der Waals surface area contributed by atoms with Gasteiger partial charge in [0.1, 0.15) is 16.4 Å². The van der Waals surface area contributed by atoms with Gasteiger partial charge in [0.05, 0.1) is 0 Å². The number of amides is 1. The monoisotopic (exact) mass is 278 g/mol. The first-order valence-electron chi connectivity index (χ1n) is 3.47. The van der Waals surface area contributed by atoms with E-state index < -0.39 is 18.6 Å². The molecule has 1 aromatic rings. The highest BCUT2D eigenvalue weighted by Gasteiger charge is 2.29. The average molecular weight is 279 g/mol. The summed E-state index contributed by atoms with van der Waals surface area (Å²) in [7, 11) is 0. The summed E-state index contributed by atoms with van der Waals surface area (Å²) in [5.41, 5.74) is 0. The van der Waals surface area contributed by atoms with E-state index in [9.17, 15) is 18.0 Å². The van der Waals surface area contributed by atoms with Crippen LogP contribution in [0.25, 0.3) is 0 Å². The van der Waals surface area contributed by atoms with E-state index in [1.165, 1.54) is 0 Å². The molecule has 0 aliphatic carbocycles. The summed E-state index contributed by atoms with van der Waals surface area (Å²) in [4.78, 5) is 11.0. The van der Waals surface area contributed by atoms with Crippen LogP contribution in [0, 0.1) is 0 Å². The maximum atomic E-state index is 11.8. The van der Waals surface area contributed by atoms with Gasteiger partial charge < -0.3 is 5.32 Å². The van der Waals surface area contributed by atoms with Crippen LogP contribution < -0.4 is 5.32 Å². The molecule has 0 aliphatic heterocycles. The zero-order valence-electron chi connectivity index (χ0n) is 6.86. The van der Waals surface area contributed by atoms with Crippen LogP contribution in [0.2, 0.25) is 10.2 Å². The summed E-state index contributed by atoms with van der Waals surface area (Å²) in [5, 5.41) is 1.42. The highest BCUT2D eigenvalue weighted by molar-refractivity contribution is 7.09. The number of alkyl halides is 3. The molecule has 9 heteroatoms. The molecule has 1 heterocycles. The smallest absolute Gasteiger partial charge is 0.342 e. The summed E-state index contributed by atoms with van der Waals surface area (Å²) in [6.07, 6.45) is -4.46. The minimum atomic E-state index is -4.46. The van der Waals surface area contributed by atoms with Gasteiger partial charge in [0, 0.05) is 0 Å². The Morgan fingerprint density at radius 1 is 1.47 bits per heavy atom. The molecule has 0 atom stereocenters. The van der Waals surface area contributed by atoms with Crippen molar-refractivity contribution in [3.63, 3.8) is 0 Å². The third-order valence-electron chi connectivity index (χ3n) is 1.25. The first kappa shape index (κ1) is 12.5. The molecule has 0 unspecified atom stereocenters. The predicted molar refractivity (Wildman–Crippen MR) is 50.5 cm³/mol. The number of nitrogens with zero attached hydrogens (tertiary/aromatic N) is 1. The van der Waals surface area contributed by atoms with Gasteiger partial charge in [-0.1, -0.05) is 23.2 Å². The molecular formula is C6H3Cl2F3N2OS. The number of nitrogens with one attached hydrogen (secondary N) is 1. The Morgan fingerprint density at radius 2 is 2.07 bits per heavy atom. The van der Waals surface area contributed by atoms with Crippen molar-refractivity contribution in [2.75, 3.05) is 6.54 Å². The minimum absolute atomic E-state index is 0.0983. The van der Waals surface area contributed by atoms with Crippen molar-refractivity contribution in [3.05, 3.63) is 15.1 Å². The van der Waals surface area contributed by atoms with E-state index in [2.05, 4.69) is 4.37 Å². The Hall–Kier alpha value is -0.530. The molecule has 0 saturated heterocycles. The molecule has 0 aliphatic rings. The number of rotatable bonds is 2. The van der Waals surface area contributed by atoms with E-state index in [4.69, 9.17) is 23.2 Å². The van der Waals surface area contributed by atoms with Crippen LogP contribution in [-0.2, 0) is 0 Å². The number of hydrogen-bond donors (Lipinski definition) is 1. The second-order valence-electron chi connectivity index (χ2n) is 2.41. The predicted octanol–water partition coefficient (Wildman–Crippen LogP) is 2.74. The Kier molecular flexibility index (Phi) is 3.80. The van der Waals surface area contributed by atoms with E-state index in [0.29, 0.717) is 11.5 Å². The van der Waals surface area contributed by atoms with E-state index in [1.54, 1.807) is 5.32 Å². The van der Waals surface area contributed by atoms with Crippen LogP contribution in [0.4, 0.5) is 13.2 Å². The van der Waals surface area contributed by atoms with Crippen molar-refractivity contribution in [2.45, 2.75) is 6.18 Å². The summed E-state index contributed by atoms with van der Waals surface area (Å²) in [5.74, 6) is -0.943. The molecule has 1 N–H and O–H groups in total. The molecule has 84 valence electrons. The summed E-state index contributed by atoms with van der Waals surface area (Å²) >= 11 is 11.6. The normalized spacial score (nSPS) is 11.5. The zero-order valence-corrected chi connectivity index (χ0v) is 9.19. The highest BCUT2D eigenvalue weighted by atomic mass is 35.5. The lowest BCUT2D eigenvalue weighted by atomic mass is 10.4. The van der Waals surface area contributed by atoms with Crippen molar-refractivity contribution in [3.8, 4) is 0 Å². The molecule has 15 heavy (non-hydrogen) atoms. The third kappa shape index (κ3) is 3.51. The van der Waals surface area contributed by atoms with Gasteiger partial charge in [0.25, 0.3) is 5.91 Å². The van der Waals surface area contributed by atoms with Gasteiger partial charge in [-0.05, 0) is 11.5 Å². The topological polar surface area (TPSA) is 42.0 Å². The van der Waals surface area contributed by atoms with Gasteiger partial charge >= 0.3 is 6.18 Å². The molecular weight excluding hydrogens is 276 g/mol. The Morgan fingerprint density at radius 3 is 2.47 bits per heavy atom. The van der Waals surface area contributed by atoms with Crippen molar-refractivity contribution < 1.29 is 18.0 Å². The number of hydrogen-bond acceptors (Lipinski definition) is 3. The Bertz CT molecular complexity index is 379. The fourth-order valence-electron chi connectivity index (χ4n) is 0.661. The fraction of sp³-hybridized carbons (Fsp3) is 0.333. The molecule has 0 aromatic carbocycles. The molecule has 0 radical (unpaired) electrons. The second kappa shape index (κ2) is 4.54. The summed E-state index contributed by atoms with van der Waals surface area (Å²) < 4.78 is 38.8. The molecule has 0 fully saturated rings. The van der Waals surface area contributed by atoms with Gasteiger partial charge in [-0.3, -0.25) is 4.79 Å². The van der Waals surface area contributed by atoms with Crippen molar-refractivity contribution in [1.82, 2.24) is 9.69 Å². The molecule has 0 bridgehead atoms. The largest absolute Gasteiger partial charge is 0.405 e. The molecule has 0 saturated carbocycles. The fourth-order valence-corrected chi connectivity index (χ4v) is 1.79. The van der Waals surface area contributed by atoms with Crippen LogP contribution in [0.15, 0.2) is 0 Å². The van der Waals surface area contributed by atoms with Crippen molar-refractivity contribution in [1.29, 1.82) is 0 Å². The second-order valence-corrected chi connectivity index (χ2v) is 3.92. The average Bonchev–Trinajstić information content (AvgIpc) is 2.43. The standard InChI is InChI=1S/C6H3Cl2F3N2OS/c7-2-3(15-13-4(2)8)5(14)12-1-6(9,10)11/h1H2,(H,12,14).